The van der Waals surface area contributed by atoms with Gasteiger partial charge in [0.05, 0.1) is 26.2 Å². The Morgan fingerprint density at radius 1 is 1.04 bits per heavy atom. The summed E-state index contributed by atoms with van der Waals surface area (Å²) in [5.74, 6) is 0.332. The zero-order chi connectivity index (χ0) is 19.0. The van der Waals surface area contributed by atoms with Crippen molar-refractivity contribution in [1.29, 1.82) is 0 Å². The molecule has 0 radical (unpaired) electrons. The highest BCUT2D eigenvalue weighted by Crippen LogP contribution is 2.35. The lowest BCUT2D eigenvalue weighted by Gasteiger charge is -2.23. The number of carbonyl (C=O) groups is 2. The van der Waals surface area contributed by atoms with E-state index < -0.39 is 12.1 Å². The molecular weight excluding hydrogens is 348 g/mol. The first-order valence-corrected chi connectivity index (χ1v) is 8.44. The smallest absolute Gasteiger partial charge is 0.315 e. The van der Waals surface area contributed by atoms with Gasteiger partial charge in [-0.1, -0.05) is 18.2 Å². The fourth-order valence-electron chi connectivity index (χ4n) is 3.36. The lowest BCUT2D eigenvalue weighted by atomic mass is 10.2. The van der Waals surface area contributed by atoms with Crippen LogP contribution < -0.4 is 9.47 Å². The molecule has 4 rings (SSSR count). The van der Waals surface area contributed by atoms with Crippen LogP contribution in [0.15, 0.2) is 54.6 Å². The van der Waals surface area contributed by atoms with Crippen molar-refractivity contribution >= 4 is 22.8 Å². The van der Waals surface area contributed by atoms with E-state index in [1.165, 1.54) is 12.2 Å². The summed E-state index contributed by atoms with van der Waals surface area (Å²) < 4.78 is 12.3. The van der Waals surface area contributed by atoms with Crippen LogP contribution in [0.25, 0.3) is 10.9 Å². The second-order valence-electron chi connectivity index (χ2n) is 6.11. The number of carbonyl (C=O) groups excluding carboxylic acids is 2. The van der Waals surface area contributed by atoms with Crippen LogP contribution >= 0.6 is 0 Å². The molecule has 0 N–H and O–H groups in total. The molecule has 0 bridgehead atoms. The number of rotatable bonds is 5. The van der Waals surface area contributed by atoms with Crippen molar-refractivity contribution in [3.63, 3.8) is 0 Å². The number of hydrogen-bond acceptors (Lipinski definition) is 5. The molecule has 0 saturated carbocycles. The maximum absolute atomic E-state index is 12.6. The van der Waals surface area contributed by atoms with Gasteiger partial charge in [0.1, 0.15) is 23.4 Å². The van der Waals surface area contributed by atoms with Gasteiger partial charge in [0.2, 0.25) is 0 Å². The summed E-state index contributed by atoms with van der Waals surface area (Å²) in [4.78, 5) is 30.4. The molecule has 1 amide bonds. The van der Waals surface area contributed by atoms with Crippen LogP contribution in [0.2, 0.25) is 0 Å². The number of nitrogens with zero attached hydrogens (tertiary/aromatic N) is 2. The number of para-hydroxylation sites is 1. The van der Waals surface area contributed by atoms with Crippen LogP contribution in [0.1, 0.15) is 23.1 Å². The van der Waals surface area contributed by atoms with Crippen LogP contribution in [-0.4, -0.2) is 35.7 Å². The van der Waals surface area contributed by atoms with Gasteiger partial charge in [0.25, 0.3) is 5.91 Å². The standard InChI is InChI=1S/C20H18N2O5/c1-25-14-7-9-15(10-8-14)27-19(23)12-18-21-16-6-4-3-5-13(16)11-17(21)20(24)22(18)26-2/h3-11,18H,12H2,1-2H3. The number of benzene rings is 2. The van der Waals surface area contributed by atoms with Crippen molar-refractivity contribution in [3.8, 4) is 11.5 Å². The number of methoxy groups -OCH3 is 1. The summed E-state index contributed by atoms with van der Waals surface area (Å²) >= 11 is 0. The largest absolute Gasteiger partial charge is 0.497 e. The fourth-order valence-corrected chi connectivity index (χ4v) is 3.36. The lowest BCUT2D eigenvalue weighted by molar-refractivity contribution is -0.151. The molecule has 138 valence electrons. The minimum atomic E-state index is -0.608. The van der Waals surface area contributed by atoms with E-state index in [9.17, 15) is 9.59 Å². The van der Waals surface area contributed by atoms with Crippen LogP contribution in [0.4, 0.5) is 0 Å². The van der Waals surface area contributed by atoms with Gasteiger partial charge in [-0.2, -0.15) is 5.06 Å². The summed E-state index contributed by atoms with van der Waals surface area (Å²) in [5, 5.41) is 2.14. The number of ether oxygens (including phenoxy) is 2. The predicted octanol–water partition coefficient (Wildman–Crippen LogP) is 3.16. The van der Waals surface area contributed by atoms with Crippen LogP contribution in [0.3, 0.4) is 0 Å². The highest BCUT2D eigenvalue weighted by molar-refractivity contribution is 6.01. The van der Waals surface area contributed by atoms with Gasteiger partial charge < -0.3 is 14.0 Å². The van der Waals surface area contributed by atoms with Crippen molar-refractivity contribution in [3.05, 3.63) is 60.3 Å². The Hall–Kier alpha value is -3.32. The summed E-state index contributed by atoms with van der Waals surface area (Å²) in [7, 11) is 2.98. The van der Waals surface area contributed by atoms with Gasteiger partial charge >= 0.3 is 5.97 Å². The van der Waals surface area contributed by atoms with E-state index in [0.717, 1.165) is 10.9 Å². The van der Waals surface area contributed by atoms with E-state index in [2.05, 4.69) is 0 Å². The minimum absolute atomic E-state index is 0.0444. The molecule has 0 saturated heterocycles. The molecule has 0 spiro atoms. The molecule has 7 heteroatoms. The van der Waals surface area contributed by atoms with Crippen LogP contribution in [-0.2, 0) is 9.63 Å². The Morgan fingerprint density at radius 2 is 1.74 bits per heavy atom. The molecule has 1 unspecified atom stereocenters. The molecule has 3 aromatic rings. The maximum Gasteiger partial charge on any atom is 0.315 e. The van der Waals surface area contributed by atoms with Gasteiger partial charge in [-0.15, -0.1) is 0 Å². The van der Waals surface area contributed by atoms with Crippen molar-refractivity contribution in [1.82, 2.24) is 9.63 Å². The minimum Gasteiger partial charge on any atom is -0.497 e. The SMILES string of the molecule is COc1ccc(OC(=O)CC2N(OC)C(=O)c3cc4ccccc4n32)cc1. The quantitative estimate of drug-likeness (QED) is 0.512. The predicted molar refractivity (Wildman–Crippen MR) is 97.4 cm³/mol. The Morgan fingerprint density at radius 3 is 2.44 bits per heavy atom. The molecule has 1 atom stereocenters. The zero-order valence-corrected chi connectivity index (χ0v) is 14.9. The third-order valence-corrected chi connectivity index (χ3v) is 4.57. The fraction of sp³-hybridized carbons (Fsp3) is 0.200. The highest BCUT2D eigenvalue weighted by Gasteiger charge is 2.40. The van der Waals surface area contributed by atoms with E-state index in [4.69, 9.17) is 14.3 Å². The van der Waals surface area contributed by atoms with E-state index in [-0.39, 0.29) is 12.3 Å². The second-order valence-corrected chi connectivity index (χ2v) is 6.11. The van der Waals surface area contributed by atoms with Crippen molar-refractivity contribution in [2.24, 2.45) is 0 Å². The molecule has 27 heavy (non-hydrogen) atoms. The normalized spacial score (nSPS) is 15.9. The molecule has 0 fully saturated rings. The van der Waals surface area contributed by atoms with E-state index in [1.807, 2.05) is 28.8 Å². The third-order valence-electron chi connectivity index (χ3n) is 4.57. The Bertz CT molecular complexity index is 1010. The number of hydrogen-bond donors (Lipinski definition) is 0. The number of amides is 1. The first kappa shape index (κ1) is 17.1. The molecule has 2 heterocycles. The monoisotopic (exact) mass is 366 g/mol. The number of hydroxylamine groups is 2. The summed E-state index contributed by atoms with van der Waals surface area (Å²) in [6.45, 7) is 0. The van der Waals surface area contributed by atoms with Crippen molar-refractivity contribution in [2.75, 3.05) is 14.2 Å². The van der Waals surface area contributed by atoms with Crippen molar-refractivity contribution < 1.29 is 23.9 Å². The zero-order valence-electron chi connectivity index (χ0n) is 14.9. The summed E-state index contributed by atoms with van der Waals surface area (Å²) in [6.07, 6.45) is -0.653. The van der Waals surface area contributed by atoms with Gasteiger partial charge in [-0.05, 0) is 36.4 Å². The third kappa shape index (κ3) is 2.92. The van der Waals surface area contributed by atoms with E-state index in [0.29, 0.717) is 17.2 Å². The Labute approximate surface area is 155 Å². The first-order valence-electron chi connectivity index (χ1n) is 8.44. The maximum atomic E-state index is 12.6. The molecule has 2 aromatic carbocycles. The summed E-state index contributed by atoms with van der Waals surface area (Å²) in [6, 6.07) is 16.2. The molecule has 0 aliphatic carbocycles. The van der Waals surface area contributed by atoms with Gasteiger partial charge in [-0.25, -0.2) is 0 Å². The number of aromatic nitrogens is 1. The van der Waals surface area contributed by atoms with Gasteiger partial charge in [0.15, 0.2) is 0 Å². The van der Waals surface area contributed by atoms with Crippen LogP contribution in [0, 0.1) is 0 Å². The van der Waals surface area contributed by atoms with Gasteiger partial charge in [0, 0.05) is 5.39 Å². The molecule has 1 aliphatic heterocycles. The summed E-state index contributed by atoms with van der Waals surface area (Å²) in [5.41, 5.74) is 1.35. The molecule has 1 aromatic heterocycles. The molecular formula is C20H18N2O5. The average Bonchev–Trinajstić information content (AvgIpc) is 3.18. The number of esters is 1. The highest BCUT2D eigenvalue weighted by atomic mass is 16.7. The Kier molecular flexibility index (Phi) is 4.29. The Balaban J connectivity index is 1.60. The molecule has 1 aliphatic rings. The topological polar surface area (TPSA) is 70.0 Å². The van der Waals surface area contributed by atoms with Crippen LogP contribution in [0.5, 0.6) is 11.5 Å². The second kappa shape index (κ2) is 6.77. The molecule has 7 nitrogen and oxygen atoms in total. The van der Waals surface area contributed by atoms with Crippen molar-refractivity contribution in [2.45, 2.75) is 12.6 Å². The average molecular weight is 366 g/mol. The number of fused-ring (bicyclic) bond motifs is 3. The first-order chi connectivity index (χ1) is 13.1. The van der Waals surface area contributed by atoms with E-state index >= 15 is 0 Å². The lowest BCUT2D eigenvalue weighted by Crippen LogP contribution is -2.31. The van der Waals surface area contributed by atoms with E-state index in [1.54, 1.807) is 37.4 Å². The van der Waals surface area contributed by atoms with Gasteiger partial charge in [-0.3, -0.25) is 14.4 Å².